The molecule has 0 aromatic heterocycles. The van der Waals surface area contributed by atoms with Gasteiger partial charge in [0.05, 0.1) is 13.5 Å². The van der Waals surface area contributed by atoms with Crippen molar-refractivity contribution >= 4 is 27.8 Å². The van der Waals surface area contributed by atoms with Gasteiger partial charge in [-0.1, -0.05) is 15.9 Å². The van der Waals surface area contributed by atoms with E-state index in [1.807, 2.05) is 12.1 Å². The van der Waals surface area contributed by atoms with Gasteiger partial charge in [-0.25, -0.2) is 0 Å². The highest BCUT2D eigenvalue weighted by atomic mass is 79.9. The second kappa shape index (κ2) is 7.00. The standard InChI is InChI=1S/C12H14BrNO4/c1-18-10-3-2-9(13)6-8(10)7-14-11(15)4-5-12(16)17/h2-3,6H,4-5,7H2,1H3,(H,14,15)(H,16,17). The number of benzene rings is 1. The minimum absolute atomic E-state index is 0.0222. The summed E-state index contributed by atoms with van der Waals surface area (Å²) in [7, 11) is 1.55. The van der Waals surface area contributed by atoms with Crippen molar-refractivity contribution in [1.29, 1.82) is 0 Å². The van der Waals surface area contributed by atoms with Crippen LogP contribution in [-0.2, 0) is 16.1 Å². The molecule has 0 saturated heterocycles. The lowest BCUT2D eigenvalue weighted by atomic mass is 10.2. The average molecular weight is 316 g/mol. The van der Waals surface area contributed by atoms with E-state index in [0.29, 0.717) is 12.3 Å². The summed E-state index contributed by atoms with van der Waals surface area (Å²) in [5, 5.41) is 11.1. The maximum absolute atomic E-state index is 11.4. The van der Waals surface area contributed by atoms with Crippen LogP contribution in [0.3, 0.4) is 0 Å². The van der Waals surface area contributed by atoms with Crippen LogP contribution in [0.25, 0.3) is 0 Å². The predicted molar refractivity (Wildman–Crippen MR) is 69.4 cm³/mol. The van der Waals surface area contributed by atoms with Gasteiger partial charge in [0.15, 0.2) is 0 Å². The molecule has 0 saturated carbocycles. The minimum atomic E-state index is -0.981. The zero-order valence-corrected chi connectivity index (χ0v) is 11.5. The number of hydrogen-bond acceptors (Lipinski definition) is 3. The number of halogens is 1. The summed E-state index contributed by atoms with van der Waals surface area (Å²) in [5.41, 5.74) is 0.829. The van der Waals surface area contributed by atoms with E-state index < -0.39 is 5.97 Å². The first-order valence-corrected chi connectivity index (χ1v) is 6.13. The van der Waals surface area contributed by atoms with Crippen LogP contribution in [0.1, 0.15) is 18.4 Å². The first-order chi connectivity index (χ1) is 8.52. The van der Waals surface area contributed by atoms with E-state index in [0.717, 1.165) is 10.0 Å². The van der Waals surface area contributed by atoms with Crippen molar-refractivity contribution in [2.45, 2.75) is 19.4 Å². The van der Waals surface area contributed by atoms with Gasteiger partial charge in [-0.2, -0.15) is 0 Å². The van der Waals surface area contributed by atoms with Gasteiger partial charge in [0.25, 0.3) is 0 Å². The molecule has 98 valence electrons. The Kier molecular flexibility index (Phi) is 5.64. The topological polar surface area (TPSA) is 75.6 Å². The number of hydrogen-bond donors (Lipinski definition) is 2. The summed E-state index contributed by atoms with van der Waals surface area (Å²) < 4.78 is 6.05. The van der Waals surface area contributed by atoms with Gasteiger partial charge >= 0.3 is 5.97 Å². The van der Waals surface area contributed by atoms with Crippen molar-refractivity contribution in [2.75, 3.05) is 7.11 Å². The van der Waals surface area contributed by atoms with Crippen LogP contribution in [0, 0.1) is 0 Å². The van der Waals surface area contributed by atoms with Gasteiger partial charge in [0, 0.05) is 23.0 Å². The summed E-state index contributed by atoms with van der Waals surface area (Å²) in [6, 6.07) is 5.48. The van der Waals surface area contributed by atoms with Crippen molar-refractivity contribution in [2.24, 2.45) is 0 Å². The Hall–Kier alpha value is -1.56. The molecule has 6 heteroatoms. The molecular weight excluding hydrogens is 302 g/mol. The lowest BCUT2D eigenvalue weighted by Crippen LogP contribution is -2.23. The summed E-state index contributed by atoms with van der Waals surface area (Å²) >= 11 is 3.34. The van der Waals surface area contributed by atoms with Crippen molar-refractivity contribution in [3.8, 4) is 5.75 Å². The van der Waals surface area contributed by atoms with Crippen LogP contribution in [0.2, 0.25) is 0 Å². The number of carboxylic acid groups (broad SMARTS) is 1. The van der Waals surface area contributed by atoms with Crippen LogP contribution < -0.4 is 10.1 Å². The molecule has 2 N–H and O–H groups in total. The first-order valence-electron chi connectivity index (χ1n) is 5.34. The molecule has 1 amide bonds. The molecule has 0 bridgehead atoms. The smallest absolute Gasteiger partial charge is 0.303 e. The zero-order chi connectivity index (χ0) is 13.5. The molecule has 0 aliphatic heterocycles. The number of carboxylic acids is 1. The van der Waals surface area contributed by atoms with E-state index in [9.17, 15) is 9.59 Å². The van der Waals surface area contributed by atoms with E-state index in [-0.39, 0.29) is 18.7 Å². The predicted octanol–water partition coefficient (Wildman–Crippen LogP) is 1.94. The summed E-state index contributed by atoms with van der Waals surface area (Å²) in [4.78, 5) is 21.7. The van der Waals surface area contributed by atoms with Crippen molar-refractivity contribution in [3.63, 3.8) is 0 Å². The average Bonchev–Trinajstić information content (AvgIpc) is 2.34. The van der Waals surface area contributed by atoms with Gasteiger partial charge in [0.1, 0.15) is 5.75 Å². The van der Waals surface area contributed by atoms with Gasteiger partial charge in [0.2, 0.25) is 5.91 Å². The van der Waals surface area contributed by atoms with Crippen LogP contribution >= 0.6 is 15.9 Å². The van der Waals surface area contributed by atoms with Crippen LogP contribution in [0.5, 0.6) is 5.75 Å². The highest BCUT2D eigenvalue weighted by molar-refractivity contribution is 9.10. The first kappa shape index (κ1) is 14.5. The van der Waals surface area contributed by atoms with E-state index >= 15 is 0 Å². The lowest BCUT2D eigenvalue weighted by molar-refractivity contribution is -0.138. The molecule has 0 fully saturated rings. The molecule has 1 aromatic rings. The molecule has 0 aliphatic rings. The number of ether oxygens (including phenoxy) is 1. The number of nitrogens with one attached hydrogen (secondary N) is 1. The van der Waals surface area contributed by atoms with Gasteiger partial charge in [-0.05, 0) is 18.2 Å². The minimum Gasteiger partial charge on any atom is -0.496 e. The molecule has 0 heterocycles. The Morgan fingerprint density at radius 2 is 2.11 bits per heavy atom. The molecule has 18 heavy (non-hydrogen) atoms. The number of carbonyl (C=O) groups is 2. The number of carbonyl (C=O) groups excluding carboxylic acids is 1. The van der Waals surface area contributed by atoms with Crippen LogP contribution in [-0.4, -0.2) is 24.1 Å². The molecule has 0 unspecified atom stereocenters. The van der Waals surface area contributed by atoms with Gasteiger partial charge < -0.3 is 15.2 Å². The van der Waals surface area contributed by atoms with Crippen molar-refractivity contribution < 1.29 is 19.4 Å². The van der Waals surface area contributed by atoms with Crippen LogP contribution in [0.15, 0.2) is 22.7 Å². The largest absolute Gasteiger partial charge is 0.496 e. The third-order valence-electron chi connectivity index (χ3n) is 2.28. The maximum Gasteiger partial charge on any atom is 0.303 e. The Labute approximate surface area is 113 Å². The second-order valence-electron chi connectivity index (χ2n) is 3.63. The van der Waals surface area contributed by atoms with E-state index in [1.165, 1.54) is 0 Å². The third-order valence-corrected chi connectivity index (χ3v) is 2.78. The molecular formula is C12H14BrNO4. The third kappa shape index (κ3) is 4.75. The SMILES string of the molecule is COc1ccc(Br)cc1CNC(=O)CCC(=O)O. The lowest BCUT2D eigenvalue weighted by Gasteiger charge is -2.10. The number of aliphatic carboxylic acids is 1. The van der Waals surface area contributed by atoms with E-state index in [2.05, 4.69) is 21.2 Å². The van der Waals surface area contributed by atoms with Crippen molar-refractivity contribution in [3.05, 3.63) is 28.2 Å². The fraction of sp³-hybridized carbons (Fsp3) is 0.333. The second-order valence-corrected chi connectivity index (χ2v) is 4.54. The molecule has 5 nitrogen and oxygen atoms in total. The zero-order valence-electron chi connectivity index (χ0n) is 9.90. The Balaban J connectivity index is 2.54. The quantitative estimate of drug-likeness (QED) is 0.841. The molecule has 0 aliphatic carbocycles. The highest BCUT2D eigenvalue weighted by Crippen LogP contribution is 2.22. The summed E-state index contributed by atoms with van der Waals surface area (Å²) in [6.45, 7) is 0.307. The molecule has 1 rings (SSSR count). The Morgan fingerprint density at radius 3 is 2.72 bits per heavy atom. The number of amides is 1. The summed E-state index contributed by atoms with van der Waals surface area (Å²) in [6.07, 6.45) is -0.187. The Bertz CT molecular complexity index is 448. The monoisotopic (exact) mass is 315 g/mol. The Morgan fingerprint density at radius 1 is 1.39 bits per heavy atom. The highest BCUT2D eigenvalue weighted by Gasteiger charge is 2.08. The van der Waals surface area contributed by atoms with Gasteiger partial charge in [-0.3, -0.25) is 9.59 Å². The number of methoxy groups -OCH3 is 1. The van der Waals surface area contributed by atoms with E-state index in [4.69, 9.17) is 9.84 Å². The van der Waals surface area contributed by atoms with E-state index in [1.54, 1.807) is 13.2 Å². The molecule has 1 aromatic carbocycles. The fourth-order valence-corrected chi connectivity index (χ4v) is 1.80. The molecule has 0 atom stereocenters. The molecule has 0 spiro atoms. The fourth-order valence-electron chi connectivity index (χ4n) is 1.39. The normalized spacial score (nSPS) is 9.89. The summed E-state index contributed by atoms with van der Waals surface area (Å²) in [5.74, 6) is -0.596. The van der Waals surface area contributed by atoms with Crippen molar-refractivity contribution in [1.82, 2.24) is 5.32 Å². The van der Waals surface area contributed by atoms with Crippen LogP contribution in [0.4, 0.5) is 0 Å². The maximum atomic E-state index is 11.4. The molecule has 0 radical (unpaired) electrons. The number of rotatable bonds is 6. The van der Waals surface area contributed by atoms with Gasteiger partial charge in [-0.15, -0.1) is 0 Å².